The van der Waals surface area contributed by atoms with E-state index >= 15 is 0 Å². The smallest absolute Gasteiger partial charge is 0.265 e. The summed E-state index contributed by atoms with van der Waals surface area (Å²) in [4.78, 5) is 25.1. The predicted octanol–water partition coefficient (Wildman–Crippen LogP) is 4.58. The van der Waals surface area contributed by atoms with E-state index in [1.165, 1.54) is 0 Å². The highest BCUT2D eigenvalue weighted by Crippen LogP contribution is 2.23. The molecule has 2 aromatic carbocycles. The number of nitrogens with one attached hydrogen (secondary N) is 2. The van der Waals surface area contributed by atoms with Crippen LogP contribution in [0.5, 0.6) is 5.75 Å². The van der Waals surface area contributed by atoms with Crippen LogP contribution < -0.4 is 15.4 Å². The van der Waals surface area contributed by atoms with Crippen molar-refractivity contribution in [2.45, 2.75) is 26.5 Å². The Morgan fingerprint density at radius 2 is 1.93 bits per heavy atom. The van der Waals surface area contributed by atoms with Gasteiger partial charge in [-0.3, -0.25) is 9.59 Å². The number of amides is 2. The molecule has 0 unspecified atom stereocenters. The Labute approximate surface area is 173 Å². The quantitative estimate of drug-likeness (QED) is 0.595. The normalized spacial score (nSPS) is 11.6. The predicted molar refractivity (Wildman–Crippen MR) is 111 cm³/mol. The first-order valence-corrected chi connectivity index (χ1v) is 9.45. The lowest BCUT2D eigenvalue weighted by atomic mass is 10.1. The molecule has 1 aromatic heterocycles. The molecule has 3 rings (SSSR count). The van der Waals surface area contributed by atoms with Crippen molar-refractivity contribution in [1.29, 1.82) is 0 Å². The number of aryl methyl sites for hydroxylation is 1. The fourth-order valence-electron chi connectivity index (χ4n) is 2.69. The highest BCUT2D eigenvalue weighted by molar-refractivity contribution is 6.30. The molecule has 0 saturated heterocycles. The minimum atomic E-state index is -0.769. The summed E-state index contributed by atoms with van der Waals surface area (Å²) >= 11 is 5.95. The van der Waals surface area contributed by atoms with Crippen molar-refractivity contribution in [3.8, 4) is 5.75 Å². The zero-order valence-electron chi connectivity index (χ0n) is 16.1. The van der Waals surface area contributed by atoms with Crippen molar-refractivity contribution in [1.82, 2.24) is 5.32 Å². The Kier molecular flexibility index (Phi) is 6.57. The molecule has 0 fully saturated rings. The summed E-state index contributed by atoms with van der Waals surface area (Å²) in [5.41, 5.74) is 1.58. The maximum Gasteiger partial charge on any atom is 0.265 e. The summed E-state index contributed by atoms with van der Waals surface area (Å²) in [6.45, 7) is 3.75. The average Bonchev–Trinajstić information content (AvgIpc) is 3.22. The van der Waals surface area contributed by atoms with Gasteiger partial charge in [0.2, 0.25) is 0 Å². The van der Waals surface area contributed by atoms with Gasteiger partial charge in [0.1, 0.15) is 11.5 Å². The molecule has 0 spiro atoms. The van der Waals surface area contributed by atoms with Crippen LogP contribution in [-0.2, 0) is 11.3 Å². The van der Waals surface area contributed by atoms with E-state index in [0.29, 0.717) is 27.8 Å². The van der Waals surface area contributed by atoms with Crippen LogP contribution in [0, 0.1) is 6.92 Å². The van der Waals surface area contributed by atoms with E-state index in [4.69, 9.17) is 20.8 Å². The van der Waals surface area contributed by atoms with E-state index in [0.717, 1.165) is 5.56 Å². The van der Waals surface area contributed by atoms with Crippen LogP contribution in [0.2, 0.25) is 5.02 Å². The van der Waals surface area contributed by atoms with Gasteiger partial charge in [-0.25, -0.2) is 0 Å². The van der Waals surface area contributed by atoms with E-state index in [2.05, 4.69) is 10.6 Å². The molecule has 0 radical (unpaired) electrons. The van der Waals surface area contributed by atoms with Gasteiger partial charge in [0.05, 0.1) is 24.1 Å². The SMILES string of the molecule is Cc1cc(Cl)ccc1O[C@@H](C)C(=O)Nc1ccccc1C(=O)NCc1ccco1. The molecule has 0 aliphatic heterocycles. The van der Waals surface area contributed by atoms with Crippen molar-refractivity contribution >= 4 is 29.1 Å². The van der Waals surface area contributed by atoms with Crippen LogP contribution in [0.4, 0.5) is 5.69 Å². The molecule has 1 atom stereocenters. The molecule has 0 aliphatic carbocycles. The van der Waals surface area contributed by atoms with Crippen molar-refractivity contribution in [3.63, 3.8) is 0 Å². The van der Waals surface area contributed by atoms with Crippen LogP contribution in [0.25, 0.3) is 0 Å². The van der Waals surface area contributed by atoms with Crippen molar-refractivity contribution in [2.75, 3.05) is 5.32 Å². The number of carbonyl (C=O) groups is 2. The lowest BCUT2D eigenvalue weighted by Gasteiger charge is -2.17. The summed E-state index contributed by atoms with van der Waals surface area (Å²) in [7, 11) is 0. The summed E-state index contributed by atoms with van der Waals surface area (Å²) in [6.07, 6.45) is 0.772. The van der Waals surface area contributed by atoms with Crippen molar-refractivity contribution in [3.05, 3.63) is 82.8 Å². The second-order valence-electron chi connectivity index (χ2n) is 6.47. The monoisotopic (exact) mass is 412 g/mol. The number of benzene rings is 2. The molecule has 2 N–H and O–H groups in total. The molecular weight excluding hydrogens is 392 g/mol. The van der Waals surface area contributed by atoms with Crippen LogP contribution in [0.1, 0.15) is 28.6 Å². The standard InChI is InChI=1S/C22H21ClN2O4/c1-14-12-16(23)9-10-20(14)29-15(2)21(26)25-19-8-4-3-7-18(19)22(27)24-13-17-6-5-11-28-17/h3-12,15H,13H2,1-2H3,(H,24,27)(H,25,26)/t15-/m0/s1. The highest BCUT2D eigenvalue weighted by atomic mass is 35.5. The van der Waals surface area contributed by atoms with Crippen molar-refractivity contribution in [2.24, 2.45) is 0 Å². The summed E-state index contributed by atoms with van der Waals surface area (Å²) < 4.78 is 11.0. The Morgan fingerprint density at radius 1 is 1.14 bits per heavy atom. The Hall–Kier alpha value is -3.25. The van der Waals surface area contributed by atoms with Gasteiger partial charge in [0.15, 0.2) is 6.10 Å². The Morgan fingerprint density at radius 3 is 2.66 bits per heavy atom. The number of ether oxygens (including phenoxy) is 1. The maximum atomic E-state index is 12.6. The van der Waals surface area contributed by atoms with E-state index in [-0.39, 0.29) is 18.4 Å². The minimum Gasteiger partial charge on any atom is -0.481 e. The summed E-state index contributed by atoms with van der Waals surface area (Å²) in [6, 6.07) is 15.5. The number of hydrogen-bond donors (Lipinski definition) is 2. The third-order valence-corrected chi connectivity index (χ3v) is 4.48. The van der Waals surface area contributed by atoms with E-state index in [1.54, 1.807) is 67.8 Å². The minimum absolute atomic E-state index is 0.253. The molecule has 1 heterocycles. The second-order valence-corrected chi connectivity index (χ2v) is 6.90. The number of furan rings is 1. The van der Waals surface area contributed by atoms with Gasteiger partial charge in [0.25, 0.3) is 11.8 Å². The first kappa shape index (κ1) is 20.5. The fourth-order valence-corrected chi connectivity index (χ4v) is 2.92. The topological polar surface area (TPSA) is 80.6 Å². The fraction of sp³-hybridized carbons (Fsp3) is 0.182. The molecule has 150 valence electrons. The lowest BCUT2D eigenvalue weighted by molar-refractivity contribution is -0.122. The summed E-state index contributed by atoms with van der Waals surface area (Å²) in [5, 5.41) is 6.13. The summed E-state index contributed by atoms with van der Waals surface area (Å²) in [5.74, 6) is 0.520. The molecule has 3 aromatic rings. The number of carbonyl (C=O) groups excluding carboxylic acids is 2. The van der Waals surface area contributed by atoms with Crippen LogP contribution in [-0.4, -0.2) is 17.9 Å². The van der Waals surface area contributed by atoms with Crippen LogP contribution in [0.3, 0.4) is 0 Å². The molecule has 0 bridgehead atoms. The number of anilines is 1. The van der Waals surface area contributed by atoms with Gasteiger partial charge in [-0.05, 0) is 61.9 Å². The molecule has 29 heavy (non-hydrogen) atoms. The van der Waals surface area contributed by atoms with Gasteiger partial charge in [0, 0.05) is 5.02 Å². The van der Waals surface area contributed by atoms with Crippen molar-refractivity contribution < 1.29 is 18.7 Å². The molecule has 6 nitrogen and oxygen atoms in total. The number of halogens is 1. The molecule has 0 saturated carbocycles. The second kappa shape index (κ2) is 9.30. The van der Waals surface area contributed by atoms with Gasteiger partial charge < -0.3 is 19.8 Å². The Balaban J connectivity index is 1.66. The zero-order chi connectivity index (χ0) is 20.8. The first-order valence-electron chi connectivity index (χ1n) is 9.07. The van der Waals surface area contributed by atoms with Gasteiger partial charge in [-0.2, -0.15) is 0 Å². The lowest BCUT2D eigenvalue weighted by Crippen LogP contribution is -2.31. The van der Waals surface area contributed by atoms with E-state index in [9.17, 15) is 9.59 Å². The zero-order valence-corrected chi connectivity index (χ0v) is 16.8. The van der Waals surface area contributed by atoms with E-state index < -0.39 is 6.10 Å². The third kappa shape index (κ3) is 5.39. The maximum absolute atomic E-state index is 12.6. The molecule has 7 heteroatoms. The van der Waals surface area contributed by atoms with Gasteiger partial charge in [-0.1, -0.05) is 23.7 Å². The number of rotatable bonds is 7. The first-order chi connectivity index (χ1) is 13.9. The molecule has 0 aliphatic rings. The molecule has 2 amide bonds. The number of para-hydroxylation sites is 1. The molecular formula is C22H21ClN2O4. The van der Waals surface area contributed by atoms with Crippen LogP contribution >= 0.6 is 11.6 Å². The Bertz CT molecular complexity index is 1000. The average molecular weight is 413 g/mol. The third-order valence-electron chi connectivity index (χ3n) is 4.24. The van der Waals surface area contributed by atoms with Gasteiger partial charge >= 0.3 is 0 Å². The number of hydrogen-bond acceptors (Lipinski definition) is 4. The van der Waals surface area contributed by atoms with Gasteiger partial charge in [-0.15, -0.1) is 0 Å². The van der Waals surface area contributed by atoms with Crippen LogP contribution in [0.15, 0.2) is 65.3 Å². The highest BCUT2D eigenvalue weighted by Gasteiger charge is 2.19. The largest absolute Gasteiger partial charge is 0.481 e. The van der Waals surface area contributed by atoms with E-state index in [1.807, 2.05) is 6.92 Å².